The zero-order valence-corrected chi connectivity index (χ0v) is 12.2. The Hall–Kier alpha value is -2.15. The highest BCUT2D eigenvalue weighted by Crippen LogP contribution is 2.20. The molecule has 5 nitrogen and oxygen atoms in total. The summed E-state index contributed by atoms with van der Waals surface area (Å²) in [6.07, 6.45) is 1.58. The molecule has 2 N–H and O–H groups in total. The van der Waals surface area contributed by atoms with Gasteiger partial charge in [-0.1, -0.05) is 17.8 Å². The number of rotatable bonds is 5. The molecule has 0 aliphatic heterocycles. The molecule has 110 valence electrons. The first-order chi connectivity index (χ1) is 10.0. The predicted octanol–water partition coefficient (Wildman–Crippen LogP) is 1.84. The van der Waals surface area contributed by atoms with Crippen LogP contribution in [0.1, 0.15) is 6.92 Å². The lowest BCUT2D eigenvalue weighted by Gasteiger charge is -2.10. The number of carbonyl (C=O) groups is 1. The average Bonchev–Trinajstić information content (AvgIpc) is 2.45. The zero-order valence-electron chi connectivity index (χ0n) is 11.4. The van der Waals surface area contributed by atoms with E-state index < -0.39 is 16.6 Å². The summed E-state index contributed by atoms with van der Waals surface area (Å²) in [4.78, 5) is 30.4. The van der Waals surface area contributed by atoms with E-state index in [9.17, 15) is 14.0 Å². The predicted molar refractivity (Wildman–Crippen MR) is 80.8 cm³/mol. The van der Waals surface area contributed by atoms with E-state index in [1.807, 2.05) is 0 Å². The summed E-state index contributed by atoms with van der Waals surface area (Å²) in [6, 6.07) is 3.81. The van der Waals surface area contributed by atoms with Gasteiger partial charge in [0.15, 0.2) is 5.16 Å². The van der Waals surface area contributed by atoms with E-state index in [2.05, 4.69) is 21.9 Å². The maximum Gasteiger partial charge on any atom is 0.259 e. The van der Waals surface area contributed by atoms with E-state index >= 15 is 0 Å². The summed E-state index contributed by atoms with van der Waals surface area (Å²) in [7, 11) is 0. The Kier molecular flexibility index (Phi) is 4.74. The molecular weight excluding hydrogens is 293 g/mol. The maximum atomic E-state index is 13.1. The molecule has 0 fully saturated rings. The first-order valence-electron chi connectivity index (χ1n) is 6.26. The van der Waals surface area contributed by atoms with Gasteiger partial charge in [-0.25, -0.2) is 9.37 Å². The highest BCUT2D eigenvalue weighted by atomic mass is 32.2. The van der Waals surface area contributed by atoms with Gasteiger partial charge < -0.3 is 10.3 Å². The Bertz CT molecular complexity index is 745. The molecule has 0 saturated carbocycles. The maximum absolute atomic E-state index is 13.1. The molecular formula is C14H14FN3O2S. The van der Waals surface area contributed by atoms with E-state index in [4.69, 9.17) is 0 Å². The van der Waals surface area contributed by atoms with Crippen molar-refractivity contribution in [3.05, 3.63) is 47.0 Å². The van der Waals surface area contributed by atoms with Gasteiger partial charge in [0, 0.05) is 6.54 Å². The smallest absolute Gasteiger partial charge is 0.259 e. The SMILES string of the molecule is C=CCNC(=O)C(C)Sc1nc2ccc(F)cc2c(=O)[nH]1. The topological polar surface area (TPSA) is 74.8 Å². The minimum Gasteiger partial charge on any atom is -0.352 e. The van der Waals surface area contributed by atoms with Gasteiger partial charge in [0.25, 0.3) is 5.56 Å². The van der Waals surface area contributed by atoms with Crippen LogP contribution in [0, 0.1) is 5.82 Å². The van der Waals surface area contributed by atoms with Crippen LogP contribution in [0.15, 0.2) is 40.8 Å². The van der Waals surface area contributed by atoms with Gasteiger partial charge in [0.1, 0.15) is 5.82 Å². The first-order valence-corrected chi connectivity index (χ1v) is 7.14. The summed E-state index contributed by atoms with van der Waals surface area (Å²) in [5.41, 5.74) is -0.0398. The molecule has 0 bridgehead atoms. The van der Waals surface area contributed by atoms with E-state index in [0.717, 1.165) is 17.8 Å². The number of H-pyrrole nitrogens is 1. The van der Waals surface area contributed by atoms with E-state index in [-0.39, 0.29) is 11.3 Å². The van der Waals surface area contributed by atoms with Crippen LogP contribution in [0.4, 0.5) is 4.39 Å². The van der Waals surface area contributed by atoms with Gasteiger partial charge in [-0.05, 0) is 25.1 Å². The van der Waals surface area contributed by atoms with Crippen LogP contribution < -0.4 is 10.9 Å². The Labute approximate surface area is 124 Å². The molecule has 0 aliphatic carbocycles. The fraction of sp³-hybridized carbons (Fsp3) is 0.214. The third-order valence-electron chi connectivity index (χ3n) is 2.72. The fourth-order valence-corrected chi connectivity index (χ4v) is 2.51. The summed E-state index contributed by atoms with van der Waals surface area (Å²) in [5.74, 6) is -0.672. The molecule has 7 heteroatoms. The second-order valence-corrected chi connectivity index (χ2v) is 5.66. The number of benzene rings is 1. The lowest BCUT2D eigenvalue weighted by atomic mass is 10.2. The Morgan fingerprint density at radius 3 is 3.10 bits per heavy atom. The third kappa shape index (κ3) is 3.69. The molecule has 0 spiro atoms. The van der Waals surface area contributed by atoms with Crippen molar-refractivity contribution < 1.29 is 9.18 Å². The quantitative estimate of drug-likeness (QED) is 0.502. The van der Waals surface area contributed by atoms with Crippen molar-refractivity contribution in [2.45, 2.75) is 17.3 Å². The Balaban J connectivity index is 2.23. The van der Waals surface area contributed by atoms with Crippen molar-refractivity contribution in [2.24, 2.45) is 0 Å². The number of aromatic nitrogens is 2. The minimum atomic E-state index is -0.493. The van der Waals surface area contributed by atoms with E-state index in [1.54, 1.807) is 13.0 Å². The summed E-state index contributed by atoms with van der Waals surface area (Å²) in [5, 5.41) is 2.74. The molecule has 0 aliphatic rings. The number of nitrogens with one attached hydrogen (secondary N) is 2. The lowest BCUT2D eigenvalue weighted by molar-refractivity contribution is -0.120. The van der Waals surface area contributed by atoms with Gasteiger partial charge in [0.05, 0.1) is 16.2 Å². The lowest BCUT2D eigenvalue weighted by Crippen LogP contribution is -2.31. The summed E-state index contributed by atoms with van der Waals surface area (Å²) < 4.78 is 13.1. The number of carbonyl (C=O) groups excluding carboxylic acids is 1. The molecule has 1 aromatic carbocycles. The van der Waals surface area contributed by atoms with Crippen molar-refractivity contribution in [1.29, 1.82) is 0 Å². The zero-order chi connectivity index (χ0) is 15.4. The fourth-order valence-electron chi connectivity index (χ4n) is 1.68. The number of halogens is 1. The largest absolute Gasteiger partial charge is 0.352 e. The standard InChI is InChI=1S/C14H14FN3O2S/c1-3-6-16-12(19)8(2)21-14-17-11-5-4-9(15)7-10(11)13(20)18-14/h3-5,7-8H,1,6H2,2H3,(H,16,19)(H,17,18,20). The van der Waals surface area contributed by atoms with E-state index in [1.165, 1.54) is 12.1 Å². The minimum absolute atomic E-state index is 0.179. The number of hydrogen-bond donors (Lipinski definition) is 2. The van der Waals surface area contributed by atoms with Crippen LogP contribution >= 0.6 is 11.8 Å². The molecule has 0 saturated heterocycles. The number of nitrogens with zero attached hydrogens (tertiary/aromatic N) is 1. The number of thioether (sulfide) groups is 1. The van der Waals surface area contributed by atoms with Crippen molar-refractivity contribution in [3.8, 4) is 0 Å². The number of amides is 1. The average molecular weight is 307 g/mol. The van der Waals surface area contributed by atoms with Gasteiger partial charge >= 0.3 is 0 Å². The highest BCUT2D eigenvalue weighted by molar-refractivity contribution is 8.00. The van der Waals surface area contributed by atoms with Crippen LogP contribution in [0.2, 0.25) is 0 Å². The molecule has 1 heterocycles. The molecule has 2 aromatic rings. The van der Waals surface area contributed by atoms with Gasteiger partial charge in [0.2, 0.25) is 5.91 Å². The van der Waals surface area contributed by atoms with E-state index in [0.29, 0.717) is 17.2 Å². The van der Waals surface area contributed by atoms with Crippen LogP contribution in [-0.4, -0.2) is 27.7 Å². The second-order valence-electron chi connectivity index (χ2n) is 4.33. The van der Waals surface area contributed by atoms with Crippen LogP contribution in [0.25, 0.3) is 10.9 Å². The van der Waals surface area contributed by atoms with Gasteiger partial charge in [-0.15, -0.1) is 6.58 Å². The molecule has 1 atom stereocenters. The number of aromatic amines is 1. The Morgan fingerprint density at radius 2 is 2.38 bits per heavy atom. The van der Waals surface area contributed by atoms with Crippen molar-refractivity contribution in [2.75, 3.05) is 6.54 Å². The van der Waals surface area contributed by atoms with Crippen molar-refractivity contribution >= 4 is 28.6 Å². The second kappa shape index (κ2) is 6.53. The molecule has 0 radical (unpaired) electrons. The number of fused-ring (bicyclic) bond motifs is 1. The molecule has 1 aromatic heterocycles. The first kappa shape index (κ1) is 15.2. The van der Waals surface area contributed by atoms with Crippen LogP contribution in [0.3, 0.4) is 0 Å². The highest BCUT2D eigenvalue weighted by Gasteiger charge is 2.15. The van der Waals surface area contributed by atoms with Crippen LogP contribution in [-0.2, 0) is 4.79 Å². The normalized spacial score (nSPS) is 12.1. The molecule has 1 amide bonds. The van der Waals surface area contributed by atoms with Crippen molar-refractivity contribution in [1.82, 2.24) is 15.3 Å². The van der Waals surface area contributed by atoms with Crippen LogP contribution in [0.5, 0.6) is 0 Å². The molecule has 1 unspecified atom stereocenters. The van der Waals surface area contributed by atoms with Gasteiger partial charge in [-0.2, -0.15) is 0 Å². The summed E-state index contributed by atoms with van der Waals surface area (Å²) >= 11 is 1.13. The third-order valence-corrected chi connectivity index (χ3v) is 3.71. The summed E-state index contributed by atoms with van der Waals surface area (Å²) in [6.45, 7) is 5.60. The molecule has 21 heavy (non-hydrogen) atoms. The van der Waals surface area contributed by atoms with Gasteiger partial charge in [-0.3, -0.25) is 9.59 Å². The Morgan fingerprint density at radius 1 is 1.62 bits per heavy atom. The number of hydrogen-bond acceptors (Lipinski definition) is 4. The molecule has 2 rings (SSSR count). The van der Waals surface area contributed by atoms with Crippen molar-refractivity contribution in [3.63, 3.8) is 0 Å². The monoisotopic (exact) mass is 307 g/mol.